The number of nitrogens with zero attached hydrogens (tertiary/aromatic N) is 2. The van der Waals surface area contributed by atoms with Crippen molar-refractivity contribution >= 4 is 18.0 Å². The van der Waals surface area contributed by atoms with E-state index in [4.69, 9.17) is 0 Å². The molecule has 0 saturated heterocycles. The van der Waals surface area contributed by atoms with Crippen LogP contribution in [0, 0.1) is 5.92 Å². The first-order valence-electron chi connectivity index (χ1n) is 13.5. The number of carbonyl (C=O) groups is 3. The van der Waals surface area contributed by atoms with Gasteiger partial charge in [-0.3, -0.25) is 4.79 Å². The Morgan fingerprint density at radius 3 is 2.03 bits per heavy atom. The van der Waals surface area contributed by atoms with Crippen LogP contribution in [0.25, 0.3) is 0 Å². The highest BCUT2D eigenvalue weighted by Gasteiger charge is 2.37. The molecule has 0 bridgehead atoms. The fraction of sp³-hybridized carbons (Fsp3) is 0.679. The van der Waals surface area contributed by atoms with E-state index < -0.39 is 29.9 Å². The van der Waals surface area contributed by atoms with Gasteiger partial charge in [0.25, 0.3) is 0 Å². The summed E-state index contributed by atoms with van der Waals surface area (Å²) in [5.74, 6) is -2.58. The van der Waals surface area contributed by atoms with Crippen LogP contribution in [0.4, 0.5) is 4.79 Å². The molecule has 0 radical (unpaired) electrons. The molecule has 1 aliphatic heterocycles. The molecule has 35 heavy (non-hydrogen) atoms. The summed E-state index contributed by atoms with van der Waals surface area (Å²) < 4.78 is 0. The van der Waals surface area contributed by atoms with E-state index in [9.17, 15) is 24.6 Å². The van der Waals surface area contributed by atoms with Crippen LogP contribution in [0.1, 0.15) is 95.6 Å². The van der Waals surface area contributed by atoms with Gasteiger partial charge < -0.3 is 20.0 Å². The Kier molecular flexibility index (Phi) is 12.6. The van der Waals surface area contributed by atoms with Crippen molar-refractivity contribution < 1.29 is 24.6 Å². The monoisotopic (exact) mass is 488 g/mol. The van der Waals surface area contributed by atoms with Crippen LogP contribution in [0.2, 0.25) is 0 Å². The minimum atomic E-state index is -1.04. The molecule has 0 unspecified atom stereocenters. The number of aliphatic carboxylic acids is 2. The Bertz CT molecular complexity index is 812. The number of amides is 2. The summed E-state index contributed by atoms with van der Waals surface area (Å²) in [4.78, 5) is 40.1. The minimum Gasteiger partial charge on any atom is -0.481 e. The molecule has 2 rings (SSSR count). The normalized spacial score (nSPS) is 15.9. The van der Waals surface area contributed by atoms with Gasteiger partial charge in [-0.2, -0.15) is 0 Å². The van der Waals surface area contributed by atoms with Crippen LogP contribution in [0.3, 0.4) is 0 Å². The van der Waals surface area contributed by atoms with Crippen LogP contribution < -0.4 is 0 Å². The van der Waals surface area contributed by atoms with Gasteiger partial charge in [0.2, 0.25) is 0 Å². The average molecular weight is 489 g/mol. The predicted molar refractivity (Wildman–Crippen MR) is 137 cm³/mol. The van der Waals surface area contributed by atoms with E-state index in [1.807, 2.05) is 31.2 Å². The molecule has 7 nitrogen and oxygen atoms in total. The quantitative estimate of drug-likeness (QED) is 0.280. The first-order chi connectivity index (χ1) is 16.9. The van der Waals surface area contributed by atoms with E-state index in [2.05, 4.69) is 6.92 Å². The number of carboxylic acid groups (broad SMARTS) is 2. The third kappa shape index (κ3) is 9.19. The van der Waals surface area contributed by atoms with Crippen molar-refractivity contribution in [3.8, 4) is 0 Å². The van der Waals surface area contributed by atoms with Crippen molar-refractivity contribution in [2.75, 3.05) is 13.1 Å². The summed E-state index contributed by atoms with van der Waals surface area (Å²) in [6.07, 6.45) is 12.7. The van der Waals surface area contributed by atoms with E-state index in [1.165, 1.54) is 54.7 Å². The Labute approximate surface area is 210 Å². The second kappa shape index (κ2) is 15.4. The van der Waals surface area contributed by atoms with E-state index >= 15 is 0 Å². The molecule has 1 heterocycles. The number of fused-ring (bicyclic) bond motifs is 1. The minimum absolute atomic E-state index is 0.104. The summed E-state index contributed by atoms with van der Waals surface area (Å²) in [6, 6.07) is 6.22. The van der Waals surface area contributed by atoms with Crippen molar-refractivity contribution in [3.05, 3.63) is 35.4 Å². The fourth-order valence-corrected chi connectivity index (χ4v) is 4.91. The lowest BCUT2D eigenvalue weighted by molar-refractivity contribution is -0.144. The lowest BCUT2D eigenvalue weighted by Crippen LogP contribution is -2.54. The molecule has 1 aromatic rings. The SMILES string of the molecule is CCCCCCCCCCCC[C@@H](CN(CC)C(=O)N1Cc2ccccc2C[C@H]1C(=O)O)C(=O)O. The van der Waals surface area contributed by atoms with Crippen molar-refractivity contribution in [1.29, 1.82) is 0 Å². The zero-order valence-electron chi connectivity index (χ0n) is 21.6. The van der Waals surface area contributed by atoms with Crippen LogP contribution in [0.15, 0.2) is 24.3 Å². The molecule has 0 aromatic heterocycles. The number of benzene rings is 1. The summed E-state index contributed by atoms with van der Waals surface area (Å²) in [7, 11) is 0. The largest absolute Gasteiger partial charge is 0.481 e. The highest BCUT2D eigenvalue weighted by molar-refractivity contribution is 5.84. The van der Waals surface area contributed by atoms with Gasteiger partial charge in [0.15, 0.2) is 0 Å². The summed E-state index contributed by atoms with van der Waals surface area (Å²) in [5, 5.41) is 19.5. The van der Waals surface area contributed by atoms with E-state index in [-0.39, 0.29) is 19.5 Å². The van der Waals surface area contributed by atoms with E-state index in [1.54, 1.807) is 0 Å². The Morgan fingerprint density at radius 2 is 1.49 bits per heavy atom. The molecule has 1 aliphatic rings. The lowest BCUT2D eigenvalue weighted by atomic mass is 9.94. The van der Waals surface area contributed by atoms with Crippen LogP contribution in [0.5, 0.6) is 0 Å². The maximum Gasteiger partial charge on any atom is 0.326 e. The predicted octanol–water partition coefficient (Wildman–Crippen LogP) is 5.95. The zero-order valence-corrected chi connectivity index (χ0v) is 21.6. The second-order valence-electron chi connectivity index (χ2n) is 9.78. The standard InChI is InChI=1S/C28H44N2O5/c1-3-5-6-7-8-9-10-11-12-13-18-24(26(31)32)20-29(4-2)28(35)30-21-23-17-15-14-16-22(23)19-25(30)27(33)34/h14-17,24-25H,3-13,18-21H2,1-2H3,(H,31,32)(H,33,34)/t24-,25-/m0/s1. The van der Waals surface area contributed by atoms with Crippen molar-refractivity contribution in [2.45, 2.75) is 103 Å². The number of hydrogen-bond acceptors (Lipinski definition) is 3. The summed E-state index contributed by atoms with van der Waals surface area (Å²) in [6.45, 7) is 4.70. The summed E-state index contributed by atoms with van der Waals surface area (Å²) in [5.41, 5.74) is 1.88. The smallest absolute Gasteiger partial charge is 0.326 e. The van der Waals surface area contributed by atoms with Crippen molar-refractivity contribution in [2.24, 2.45) is 5.92 Å². The molecular weight excluding hydrogens is 444 g/mol. The van der Waals surface area contributed by atoms with Crippen LogP contribution in [-0.4, -0.2) is 57.1 Å². The topological polar surface area (TPSA) is 98.2 Å². The maximum absolute atomic E-state index is 13.4. The third-order valence-corrected chi connectivity index (χ3v) is 7.13. The van der Waals surface area contributed by atoms with Gasteiger partial charge >= 0.3 is 18.0 Å². The van der Waals surface area contributed by atoms with Gasteiger partial charge in [0.1, 0.15) is 6.04 Å². The molecule has 2 N–H and O–H groups in total. The second-order valence-corrected chi connectivity index (χ2v) is 9.78. The number of unbranched alkanes of at least 4 members (excludes halogenated alkanes) is 9. The summed E-state index contributed by atoms with van der Waals surface area (Å²) >= 11 is 0. The molecular formula is C28H44N2O5. The van der Waals surface area contributed by atoms with Gasteiger partial charge in [-0.05, 0) is 24.5 Å². The number of rotatable bonds is 16. The molecule has 1 aromatic carbocycles. The Balaban J connectivity index is 1.86. The van der Waals surface area contributed by atoms with Gasteiger partial charge in [-0.25, -0.2) is 9.59 Å². The van der Waals surface area contributed by atoms with Gasteiger partial charge in [0, 0.05) is 26.1 Å². The van der Waals surface area contributed by atoms with Gasteiger partial charge in [-0.1, -0.05) is 95.4 Å². The molecule has 196 valence electrons. The number of hydrogen-bond donors (Lipinski definition) is 2. The van der Waals surface area contributed by atoms with E-state index in [0.717, 1.165) is 30.4 Å². The van der Waals surface area contributed by atoms with Crippen molar-refractivity contribution in [3.63, 3.8) is 0 Å². The van der Waals surface area contributed by atoms with Gasteiger partial charge in [0.05, 0.1) is 5.92 Å². The Hall–Kier alpha value is -2.57. The maximum atomic E-state index is 13.4. The van der Waals surface area contributed by atoms with Crippen molar-refractivity contribution in [1.82, 2.24) is 9.80 Å². The molecule has 2 atom stereocenters. The number of urea groups is 1. The highest BCUT2D eigenvalue weighted by Crippen LogP contribution is 2.25. The molecule has 7 heteroatoms. The van der Waals surface area contributed by atoms with Crippen LogP contribution in [-0.2, 0) is 22.6 Å². The number of carbonyl (C=O) groups excluding carboxylic acids is 1. The molecule has 0 spiro atoms. The molecule has 0 fully saturated rings. The third-order valence-electron chi connectivity index (χ3n) is 7.13. The van der Waals surface area contributed by atoms with Gasteiger partial charge in [-0.15, -0.1) is 0 Å². The Morgan fingerprint density at radius 1 is 0.914 bits per heavy atom. The first-order valence-corrected chi connectivity index (χ1v) is 13.5. The first kappa shape index (κ1) is 28.7. The van der Waals surface area contributed by atoms with Crippen LogP contribution >= 0.6 is 0 Å². The van der Waals surface area contributed by atoms with E-state index in [0.29, 0.717) is 13.0 Å². The average Bonchev–Trinajstić information content (AvgIpc) is 2.85. The number of carboxylic acids is 2. The molecule has 2 amide bonds. The molecule has 0 aliphatic carbocycles. The highest BCUT2D eigenvalue weighted by atomic mass is 16.4. The zero-order chi connectivity index (χ0) is 25.6. The molecule has 0 saturated carbocycles. The lowest BCUT2D eigenvalue weighted by Gasteiger charge is -2.38. The fourth-order valence-electron chi connectivity index (χ4n) is 4.91.